The number of carbonyl (C=O) groups excluding carboxylic acids is 1. The number of hydrogen-bond donors (Lipinski definition) is 1. The van der Waals surface area contributed by atoms with Crippen LogP contribution in [0.4, 0.5) is 14.5 Å². The zero-order valence-electron chi connectivity index (χ0n) is 15.0. The molecule has 0 aliphatic carbocycles. The first-order valence-electron chi connectivity index (χ1n) is 8.59. The summed E-state index contributed by atoms with van der Waals surface area (Å²) in [5, 5.41) is 13.8. The molecule has 6 nitrogen and oxygen atoms in total. The molecule has 0 bridgehead atoms. The molecular formula is C21H16F2N2O4. The van der Waals surface area contributed by atoms with Gasteiger partial charge in [-0.15, -0.1) is 0 Å². The zero-order valence-corrected chi connectivity index (χ0v) is 15.0. The van der Waals surface area contributed by atoms with Crippen LogP contribution in [0.2, 0.25) is 0 Å². The van der Waals surface area contributed by atoms with Gasteiger partial charge in [0, 0.05) is 17.7 Å². The van der Waals surface area contributed by atoms with Crippen LogP contribution in [0.1, 0.15) is 27.5 Å². The summed E-state index contributed by atoms with van der Waals surface area (Å²) in [6.07, 6.45) is 0. The number of carbonyl (C=O) groups is 1. The van der Waals surface area contributed by atoms with Crippen molar-refractivity contribution in [3.63, 3.8) is 0 Å². The molecule has 0 radical (unpaired) electrons. The molecule has 29 heavy (non-hydrogen) atoms. The molecule has 0 aliphatic rings. The van der Waals surface area contributed by atoms with Crippen molar-refractivity contribution in [3.05, 3.63) is 106 Å². The van der Waals surface area contributed by atoms with Crippen LogP contribution in [0.15, 0.2) is 78.9 Å². The highest BCUT2D eigenvalue weighted by atomic mass is 19.3. The highest BCUT2D eigenvalue weighted by molar-refractivity contribution is 5.95. The Labute approximate surface area is 164 Å². The van der Waals surface area contributed by atoms with Crippen LogP contribution in [0, 0.1) is 10.1 Å². The summed E-state index contributed by atoms with van der Waals surface area (Å²) in [4.78, 5) is 23.1. The van der Waals surface area contributed by atoms with Gasteiger partial charge < -0.3 is 10.1 Å². The molecule has 0 aromatic heterocycles. The van der Waals surface area contributed by atoms with Crippen LogP contribution >= 0.6 is 0 Å². The van der Waals surface area contributed by atoms with Crippen LogP contribution in [-0.4, -0.2) is 17.4 Å². The fourth-order valence-corrected chi connectivity index (χ4v) is 2.82. The quantitative estimate of drug-likeness (QED) is 0.461. The van der Waals surface area contributed by atoms with E-state index in [1.165, 1.54) is 36.4 Å². The van der Waals surface area contributed by atoms with Crippen molar-refractivity contribution in [2.24, 2.45) is 0 Å². The summed E-state index contributed by atoms with van der Waals surface area (Å²) in [5.41, 5.74) is 1.34. The highest BCUT2D eigenvalue weighted by Crippen LogP contribution is 2.25. The van der Waals surface area contributed by atoms with E-state index in [4.69, 9.17) is 0 Å². The second kappa shape index (κ2) is 8.92. The number of hydrogen-bond acceptors (Lipinski definition) is 4. The predicted molar refractivity (Wildman–Crippen MR) is 102 cm³/mol. The second-order valence-corrected chi connectivity index (χ2v) is 6.07. The van der Waals surface area contributed by atoms with E-state index in [9.17, 15) is 23.7 Å². The van der Waals surface area contributed by atoms with Gasteiger partial charge in [-0.2, -0.15) is 8.78 Å². The SMILES string of the molecule is O=C(N[C@@H](c1ccccc1)c1ccc(OC(F)F)cc1)c1cccc([N+](=O)[O-])c1. The van der Waals surface area contributed by atoms with Gasteiger partial charge in [0.05, 0.1) is 11.0 Å². The fraction of sp³-hybridized carbons (Fsp3) is 0.0952. The topological polar surface area (TPSA) is 81.5 Å². The number of nitro benzene ring substituents is 1. The lowest BCUT2D eigenvalue weighted by atomic mass is 9.98. The highest BCUT2D eigenvalue weighted by Gasteiger charge is 2.19. The third-order valence-corrected chi connectivity index (χ3v) is 4.17. The summed E-state index contributed by atoms with van der Waals surface area (Å²) in [6, 6.07) is 19.8. The summed E-state index contributed by atoms with van der Waals surface area (Å²) < 4.78 is 29.1. The molecule has 1 amide bonds. The molecule has 0 fully saturated rings. The summed E-state index contributed by atoms with van der Waals surface area (Å²) in [5.74, 6) is -0.504. The number of benzene rings is 3. The van der Waals surface area contributed by atoms with Crippen molar-refractivity contribution >= 4 is 11.6 Å². The van der Waals surface area contributed by atoms with Crippen molar-refractivity contribution in [2.75, 3.05) is 0 Å². The summed E-state index contributed by atoms with van der Waals surface area (Å²) in [7, 11) is 0. The second-order valence-electron chi connectivity index (χ2n) is 6.07. The predicted octanol–water partition coefficient (Wildman–Crippen LogP) is 4.72. The van der Waals surface area contributed by atoms with Crippen LogP contribution in [0.25, 0.3) is 0 Å². The summed E-state index contributed by atoms with van der Waals surface area (Å²) >= 11 is 0. The standard InChI is InChI=1S/C21H16F2N2O4/c22-21(23)29-18-11-9-15(10-12-18)19(14-5-2-1-3-6-14)24-20(26)16-7-4-8-17(13-16)25(27)28/h1-13,19,21H,(H,24,26)/t19-/m0/s1. The number of nitrogens with zero attached hydrogens (tertiary/aromatic N) is 1. The average molecular weight is 398 g/mol. The minimum absolute atomic E-state index is 0.000530. The van der Waals surface area contributed by atoms with E-state index in [2.05, 4.69) is 10.1 Å². The number of alkyl halides is 2. The molecule has 3 aromatic rings. The van der Waals surface area contributed by atoms with Crippen molar-refractivity contribution in [2.45, 2.75) is 12.7 Å². The molecule has 0 unspecified atom stereocenters. The van der Waals surface area contributed by atoms with Gasteiger partial charge in [-0.3, -0.25) is 14.9 Å². The Morgan fingerprint density at radius 2 is 1.59 bits per heavy atom. The van der Waals surface area contributed by atoms with E-state index in [0.717, 1.165) is 5.56 Å². The first kappa shape index (κ1) is 19.9. The molecule has 0 saturated carbocycles. The Bertz CT molecular complexity index is 995. The minimum Gasteiger partial charge on any atom is -0.435 e. The Balaban J connectivity index is 1.89. The maximum Gasteiger partial charge on any atom is 0.387 e. The summed E-state index contributed by atoms with van der Waals surface area (Å²) in [6.45, 7) is -2.93. The molecule has 1 atom stereocenters. The van der Waals surface area contributed by atoms with E-state index in [0.29, 0.717) is 5.56 Å². The van der Waals surface area contributed by atoms with Crippen LogP contribution < -0.4 is 10.1 Å². The molecule has 148 valence electrons. The average Bonchev–Trinajstić information content (AvgIpc) is 2.73. The first-order chi connectivity index (χ1) is 13.9. The lowest BCUT2D eigenvalue weighted by molar-refractivity contribution is -0.384. The lowest BCUT2D eigenvalue weighted by Crippen LogP contribution is -2.29. The number of amides is 1. The lowest BCUT2D eigenvalue weighted by Gasteiger charge is -2.20. The molecule has 0 saturated heterocycles. The minimum atomic E-state index is -2.93. The number of nitro groups is 1. The number of non-ortho nitro benzene ring substituents is 1. The van der Waals surface area contributed by atoms with Gasteiger partial charge in [-0.05, 0) is 29.3 Å². The van der Waals surface area contributed by atoms with Gasteiger partial charge >= 0.3 is 6.61 Å². The number of nitrogens with one attached hydrogen (secondary N) is 1. The van der Waals surface area contributed by atoms with E-state index >= 15 is 0 Å². The smallest absolute Gasteiger partial charge is 0.387 e. The zero-order chi connectivity index (χ0) is 20.8. The van der Waals surface area contributed by atoms with Crippen molar-refractivity contribution < 1.29 is 23.2 Å². The number of halogens is 2. The Hall–Kier alpha value is -3.81. The normalized spacial score (nSPS) is 11.7. The number of ether oxygens (including phenoxy) is 1. The molecule has 3 aromatic carbocycles. The van der Waals surface area contributed by atoms with Gasteiger partial charge in [0.1, 0.15) is 5.75 Å². The van der Waals surface area contributed by atoms with Gasteiger partial charge in [-0.25, -0.2) is 0 Å². The number of rotatable bonds is 7. The third kappa shape index (κ3) is 5.13. The Kier molecular flexibility index (Phi) is 6.13. The molecular weight excluding hydrogens is 382 g/mol. The van der Waals surface area contributed by atoms with Crippen LogP contribution in [0.3, 0.4) is 0 Å². The monoisotopic (exact) mass is 398 g/mol. The van der Waals surface area contributed by atoms with E-state index in [1.807, 2.05) is 18.2 Å². The Morgan fingerprint density at radius 1 is 0.931 bits per heavy atom. The molecule has 0 spiro atoms. The van der Waals surface area contributed by atoms with Crippen LogP contribution in [-0.2, 0) is 0 Å². The van der Waals surface area contributed by atoms with Gasteiger partial charge in [0.25, 0.3) is 11.6 Å². The van der Waals surface area contributed by atoms with Crippen molar-refractivity contribution in [3.8, 4) is 5.75 Å². The maximum absolute atomic E-state index is 12.7. The van der Waals surface area contributed by atoms with Gasteiger partial charge in [0.2, 0.25) is 0 Å². The first-order valence-corrected chi connectivity index (χ1v) is 8.59. The van der Waals surface area contributed by atoms with Crippen molar-refractivity contribution in [1.82, 2.24) is 5.32 Å². The molecule has 0 aliphatic heterocycles. The fourth-order valence-electron chi connectivity index (χ4n) is 2.82. The van der Waals surface area contributed by atoms with E-state index in [1.54, 1.807) is 24.3 Å². The Morgan fingerprint density at radius 3 is 2.21 bits per heavy atom. The van der Waals surface area contributed by atoms with E-state index in [-0.39, 0.29) is 17.0 Å². The maximum atomic E-state index is 12.7. The third-order valence-electron chi connectivity index (χ3n) is 4.17. The van der Waals surface area contributed by atoms with Gasteiger partial charge in [-0.1, -0.05) is 48.5 Å². The van der Waals surface area contributed by atoms with Crippen molar-refractivity contribution in [1.29, 1.82) is 0 Å². The molecule has 8 heteroatoms. The molecule has 0 heterocycles. The molecule has 3 rings (SSSR count). The largest absolute Gasteiger partial charge is 0.435 e. The van der Waals surface area contributed by atoms with E-state index < -0.39 is 23.5 Å². The van der Waals surface area contributed by atoms with Gasteiger partial charge in [0.15, 0.2) is 0 Å². The molecule has 1 N–H and O–H groups in total. The van der Waals surface area contributed by atoms with Crippen LogP contribution in [0.5, 0.6) is 5.75 Å².